The molecule has 3 rings (SSSR count). The third-order valence-electron chi connectivity index (χ3n) is 3.48. The highest BCUT2D eigenvalue weighted by molar-refractivity contribution is 5.94. The first-order valence-electron chi connectivity index (χ1n) is 7.37. The minimum atomic E-state index is -0.221. The zero-order valence-electron chi connectivity index (χ0n) is 12.8. The Morgan fingerprint density at radius 1 is 1.04 bits per heavy atom. The minimum Gasteiger partial charge on any atom is -0.321 e. The van der Waals surface area contributed by atoms with E-state index in [1.54, 1.807) is 18.3 Å². The molecule has 1 heterocycles. The lowest BCUT2D eigenvalue weighted by atomic mass is 10.2. The number of rotatable bonds is 4. The van der Waals surface area contributed by atoms with Gasteiger partial charge in [-0.2, -0.15) is 5.10 Å². The van der Waals surface area contributed by atoms with Gasteiger partial charge in [-0.1, -0.05) is 36.4 Å². The van der Waals surface area contributed by atoms with E-state index >= 15 is 0 Å². The molecule has 0 aliphatic rings. The second-order valence-corrected chi connectivity index (χ2v) is 5.19. The van der Waals surface area contributed by atoms with Crippen LogP contribution in [0.15, 0.2) is 78.0 Å². The molecule has 0 saturated carbocycles. The van der Waals surface area contributed by atoms with Gasteiger partial charge in [0.05, 0.1) is 6.21 Å². The predicted molar refractivity (Wildman–Crippen MR) is 92.0 cm³/mol. The Morgan fingerprint density at radius 3 is 2.39 bits per heavy atom. The quantitative estimate of drug-likeness (QED) is 0.581. The lowest BCUT2D eigenvalue weighted by Gasteiger charge is -2.04. The van der Waals surface area contributed by atoms with Crippen molar-refractivity contribution in [3.8, 4) is 5.69 Å². The molecule has 1 N–H and O–H groups in total. The van der Waals surface area contributed by atoms with Crippen LogP contribution in [0.5, 0.6) is 0 Å². The smallest absolute Gasteiger partial charge is 0.271 e. The average molecular weight is 303 g/mol. The zero-order chi connectivity index (χ0) is 16.1. The molecule has 2 aromatic carbocycles. The zero-order valence-corrected chi connectivity index (χ0v) is 12.8. The lowest BCUT2D eigenvalue weighted by molar-refractivity contribution is 0.0955. The van der Waals surface area contributed by atoms with Crippen molar-refractivity contribution in [3.05, 3.63) is 89.7 Å². The molecule has 0 aliphatic carbocycles. The molecule has 0 spiro atoms. The first-order chi connectivity index (χ1) is 11.2. The van der Waals surface area contributed by atoms with Crippen LogP contribution in [0, 0.1) is 6.92 Å². The number of aromatic nitrogens is 1. The normalized spacial score (nSPS) is 10.8. The van der Waals surface area contributed by atoms with Crippen molar-refractivity contribution in [1.82, 2.24) is 9.99 Å². The molecule has 23 heavy (non-hydrogen) atoms. The molecule has 0 fully saturated rings. The van der Waals surface area contributed by atoms with Crippen molar-refractivity contribution in [3.63, 3.8) is 0 Å². The number of aryl methyl sites for hydroxylation is 1. The maximum atomic E-state index is 11.9. The van der Waals surface area contributed by atoms with E-state index in [2.05, 4.69) is 15.1 Å². The van der Waals surface area contributed by atoms with Crippen molar-refractivity contribution in [1.29, 1.82) is 0 Å². The second kappa shape index (κ2) is 6.75. The number of carbonyl (C=O) groups is 1. The number of para-hydroxylation sites is 1. The summed E-state index contributed by atoms with van der Waals surface area (Å²) in [6, 6.07) is 21.1. The van der Waals surface area contributed by atoms with Gasteiger partial charge in [0.1, 0.15) is 0 Å². The standard InChI is InChI=1S/C19H17N3O/c1-15-12-16(14-22(15)18-10-6-3-7-11-18)13-20-21-19(23)17-8-4-2-5-9-17/h2-14H,1H3,(H,21,23)/b20-13-. The summed E-state index contributed by atoms with van der Waals surface area (Å²) in [6.07, 6.45) is 3.64. The van der Waals surface area contributed by atoms with E-state index in [1.165, 1.54) is 0 Å². The van der Waals surface area contributed by atoms with E-state index in [0.29, 0.717) is 5.56 Å². The summed E-state index contributed by atoms with van der Waals surface area (Å²) in [5.74, 6) is -0.221. The van der Waals surface area contributed by atoms with Gasteiger partial charge in [0.25, 0.3) is 5.91 Å². The topological polar surface area (TPSA) is 46.4 Å². The number of amides is 1. The first kappa shape index (κ1) is 14.8. The average Bonchev–Trinajstić information content (AvgIpc) is 2.97. The maximum Gasteiger partial charge on any atom is 0.271 e. The number of carbonyl (C=O) groups excluding carboxylic acids is 1. The fourth-order valence-electron chi connectivity index (χ4n) is 2.36. The number of nitrogens with one attached hydrogen (secondary N) is 1. The number of hydrogen-bond donors (Lipinski definition) is 1. The van der Waals surface area contributed by atoms with Crippen molar-refractivity contribution in [2.45, 2.75) is 6.92 Å². The summed E-state index contributed by atoms with van der Waals surface area (Å²) in [5, 5.41) is 4.03. The number of hydrazone groups is 1. The van der Waals surface area contributed by atoms with Crippen LogP contribution >= 0.6 is 0 Å². The first-order valence-corrected chi connectivity index (χ1v) is 7.37. The fraction of sp³-hybridized carbons (Fsp3) is 0.0526. The highest BCUT2D eigenvalue weighted by Crippen LogP contribution is 2.13. The summed E-state index contributed by atoms with van der Waals surface area (Å²) >= 11 is 0. The second-order valence-electron chi connectivity index (χ2n) is 5.19. The molecule has 1 amide bonds. The van der Waals surface area contributed by atoms with Gasteiger partial charge in [0.2, 0.25) is 0 Å². The van der Waals surface area contributed by atoms with Gasteiger partial charge >= 0.3 is 0 Å². The van der Waals surface area contributed by atoms with Crippen LogP contribution in [0.2, 0.25) is 0 Å². The molecule has 0 saturated heterocycles. The number of hydrogen-bond acceptors (Lipinski definition) is 2. The van der Waals surface area contributed by atoms with Gasteiger partial charge in [-0.25, -0.2) is 5.43 Å². The van der Waals surface area contributed by atoms with Gasteiger partial charge in [0, 0.05) is 28.7 Å². The van der Waals surface area contributed by atoms with Gasteiger partial charge in [-0.15, -0.1) is 0 Å². The molecule has 114 valence electrons. The van der Waals surface area contributed by atoms with E-state index in [1.807, 2.05) is 67.7 Å². The summed E-state index contributed by atoms with van der Waals surface area (Å²) in [4.78, 5) is 11.9. The molecule has 0 unspecified atom stereocenters. The van der Waals surface area contributed by atoms with Crippen LogP contribution in [0.3, 0.4) is 0 Å². The SMILES string of the molecule is Cc1cc(/C=N\NC(=O)c2ccccc2)cn1-c1ccccc1. The Kier molecular flexibility index (Phi) is 4.34. The molecular weight excluding hydrogens is 286 g/mol. The number of benzene rings is 2. The summed E-state index contributed by atoms with van der Waals surface area (Å²) in [6.45, 7) is 2.03. The Morgan fingerprint density at radius 2 is 1.70 bits per heavy atom. The van der Waals surface area contributed by atoms with Gasteiger partial charge < -0.3 is 4.57 Å². The molecular formula is C19H17N3O. The third kappa shape index (κ3) is 3.55. The number of nitrogens with zero attached hydrogens (tertiary/aromatic N) is 2. The molecule has 0 atom stereocenters. The Balaban J connectivity index is 1.70. The van der Waals surface area contributed by atoms with Crippen LogP contribution in [-0.4, -0.2) is 16.7 Å². The highest BCUT2D eigenvalue weighted by atomic mass is 16.2. The Labute approximate surface area is 135 Å². The van der Waals surface area contributed by atoms with Crippen molar-refractivity contribution in [2.24, 2.45) is 5.10 Å². The van der Waals surface area contributed by atoms with Crippen LogP contribution < -0.4 is 5.43 Å². The molecule has 1 aromatic heterocycles. The Hall–Kier alpha value is -3.14. The summed E-state index contributed by atoms with van der Waals surface area (Å²) < 4.78 is 2.08. The van der Waals surface area contributed by atoms with Crippen LogP contribution in [0.1, 0.15) is 21.6 Å². The molecule has 4 nitrogen and oxygen atoms in total. The molecule has 0 radical (unpaired) electrons. The molecule has 3 aromatic rings. The van der Waals surface area contributed by atoms with Crippen molar-refractivity contribution in [2.75, 3.05) is 0 Å². The van der Waals surface area contributed by atoms with E-state index < -0.39 is 0 Å². The Bertz CT molecular complexity index is 820. The molecule has 0 aliphatic heterocycles. The fourth-order valence-corrected chi connectivity index (χ4v) is 2.36. The lowest BCUT2D eigenvalue weighted by Crippen LogP contribution is -2.17. The van der Waals surface area contributed by atoms with Crippen LogP contribution in [0.25, 0.3) is 5.69 Å². The van der Waals surface area contributed by atoms with Crippen molar-refractivity contribution < 1.29 is 4.79 Å². The summed E-state index contributed by atoms with van der Waals surface area (Å²) in [5.41, 5.74) is 6.25. The van der Waals surface area contributed by atoms with E-state index in [-0.39, 0.29) is 5.91 Å². The highest BCUT2D eigenvalue weighted by Gasteiger charge is 2.04. The minimum absolute atomic E-state index is 0.221. The maximum absolute atomic E-state index is 11.9. The predicted octanol–water partition coefficient (Wildman–Crippen LogP) is 3.55. The summed E-state index contributed by atoms with van der Waals surface area (Å²) in [7, 11) is 0. The van der Waals surface area contributed by atoms with E-state index in [0.717, 1.165) is 16.9 Å². The van der Waals surface area contributed by atoms with E-state index in [9.17, 15) is 4.79 Å². The van der Waals surface area contributed by atoms with Crippen LogP contribution in [-0.2, 0) is 0 Å². The van der Waals surface area contributed by atoms with E-state index in [4.69, 9.17) is 0 Å². The van der Waals surface area contributed by atoms with Gasteiger partial charge in [0.15, 0.2) is 0 Å². The van der Waals surface area contributed by atoms with Crippen molar-refractivity contribution >= 4 is 12.1 Å². The monoisotopic (exact) mass is 303 g/mol. The largest absolute Gasteiger partial charge is 0.321 e. The molecule has 4 heteroatoms. The molecule has 0 bridgehead atoms. The van der Waals surface area contributed by atoms with Gasteiger partial charge in [-0.05, 0) is 37.3 Å². The third-order valence-corrected chi connectivity index (χ3v) is 3.48. The van der Waals surface area contributed by atoms with Crippen LogP contribution in [0.4, 0.5) is 0 Å². The van der Waals surface area contributed by atoms with Gasteiger partial charge in [-0.3, -0.25) is 4.79 Å².